The Hall–Kier alpha value is -1.55. The molecule has 4 rings (SSSR count). The highest BCUT2D eigenvalue weighted by molar-refractivity contribution is 5.54. The summed E-state index contributed by atoms with van der Waals surface area (Å²) in [5.41, 5.74) is -30.4. The van der Waals surface area contributed by atoms with E-state index in [9.17, 15) is 87.8 Å². The maximum absolute atomic E-state index is 15.1. The van der Waals surface area contributed by atoms with E-state index in [-0.39, 0.29) is 0 Å². The first-order valence-electron chi connectivity index (χ1n) is 8.17. The molecule has 0 amide bonds. The van der Waals surface area contributed by atoms with Gasteiger partial charge in [-0.05, 0) is 0 Å². The number of halogens is 21. The van der Waals surface area contributed by atoms with Crippen LogP contribution in [0.25, 0.3) is 0 Å². The molecule has 0 spiro atoms. The van der Waals surface area contributed by atoms with Gasteiger partial charge in [0.1, 0.15) is 0 Å². The smallest absolute Gasteiger partial charge is 0.284 e. The fraction of sp³-hybridized carbons (Fsp3) is 1.00. The molecule has 23 heteroatoms. The highest BCUT2D eigenvalue weighted by Crippen LogP contribution is 2.89. The zero-order chi connectivity index (χ0) is 29.2. The zero-order valence-corrected chi connectivity index (χ0v) is 15.4. The van der Waals surface area contributed by atoms with Crippen molar-refractivity contribution in [2.45, 2.75) is 76.2 Å². The Bertz CT molecular complexity index is 908. The molecule has 0 aromatic rings. The van der Waals surface area contributed by atoms with E-state index in [1.54, 1.807) is 0 Å². The van der Waals surface area contributed by atoms with Crippen molar-refractivity contribution in [3.8, 4) is 0 Å². The van der Waals surface area contributed by atoms with Crippen LogP contribution in [-0.4, -0.2) is 76.2 Å². The molecule has 0 aromatic heterocycles. The summed E-state index contributed by atoms with van der Waals surface area (Å²) in [4.78, 5) is 0. The summed E-state index contributed by atoms with van der Waals surface area (Å²) in [5, 5.41) is 0. The molecule has 0 radical (unpaired) electrons. The molecule has 2 nitrogen and oxygen atoms in total. The quantitative estimate of drug-likeness (QED) is 0.350. The molecule has 0 aromatic carbocycles. The van der Waals surface area contributed by atoms with E-state index in [1.165, 1.54) is 4.74 Å². The Morgan fingerprint density at radius 3 is 0.861 bits per heavy atom. The number of nitrogens with two attached hydrogens (primary N) is 1. The fourth-order valence-electron chi connectivity index (χ4n) is 4.37. The second-order valence-corrected chi connectivity index (χ2v) is 7.93. The highest BCUT2D eigenvalue weighted by Gasteiger charge is 3.23. The fourth-order valence-corrected chi connectivity index (χ4v) is 4.37. The predicted octanol–water partition coefficient (Wildman–Crippen LogP) is 5.50. The van der Waals surface area contributed by atoms with Crippen molar-refractivity contribution >= 4 is 0 Å². The lowest BCUT2D eigenvalue weighted by molar-refractivity contribution is -0.630. The van der Waals surface area contributed by atoms with Crippen LogP contribution in [0.3, 0.4) is 0 Å². The normalized spacial score (nSPS) is 47.5. The van der Waals surface area contributed by atoms with Crippen molar-refractivity contribution < 1.29 is 96.9 Å². The second kappa shape index (κ2) is 5.87. The molecule has 4 aliphatic carbocycles. The SMILES string of the molecule is NC(F)(C(F)(F)F)C(F)(F)OC1(F)C2(F)C(F)(F)C3(F)C(F)(F)C(F)(C2(F)F)C(F)(F)C1(F)C3(F)F. The van der Waals surface area contributed by atoms with Gasteiger partial charge in [-0.15, -0.1) is 0 Å². The Labute approximate surface area is 180 Å². The van der Waals surface area contributed by atoms with Crippen LogP contribution < -0.4 is 5.73 Å². The van der Waals surface area contributed by atoms with Gasteiger partial charge in [0.05, 0.1) is 0 Å². The minimum absolute atomic E-state index is 1.53. The number of hydrogen-bond donors (Lipinski definition) is 1. The summed E-state index contributed by atoms with van der Waals surface area (Å²) in [5.74, 6) is -58.2. The van der Waals surface area contributed by atoms with Crippen LogP contribution in [0.2, 0.25) is 0 Å². The Kier molecular flexibility index (Phi) is 4.73. The Morgan fingerprint density at radius 2 is 0.639 bits per heavy atom. The van der Waals surface area contributed by atoms with Crippen LogP contribution in [0, 0.1) is 0 Å². The van der Waals surface area contributed by atoms with E-state index in [0.29, 0.717) is 0 Å². The molecule has 4 aliphatic rings. The van der Waals surface area contributed by atoms with Crippen LogP contribution in [-0.2, 0) is 4.74 Å². The van der Waals surface area contributed by atoms with Crippen molar-refractivity contribution in [3.63, 3.8) is 0 Å². The third kappa shape index (κ3) is 1.89. The lowest BCUT2D eigenvalue weighted by Gasteiger charge is -2.74. The summed E-state index contributed by atoms with van der Waals surface area (Å²) in [6.07, 6.45) is -15.4. The van der Waals surface area contributed by atoms with Crippen LogP contribution in [0.1, 0.15) is 0 Å². The topological polar surface area (TPSA) is 35.2 Å². The molecule has 212 valence electrons. The maximum Gasteiger partial charge on any atom is 0.445 e. The minimum atomic E-state index is -8.58. The van der Waals surface area contributed by atoms with E-state index < -0.39 is 76.2 Å². The highest BCUT2D eigenvalue weighted by atomic mass is 19.4. The van der Waals surface area contributed by atoms with Gasteiger partial charge in [0.15, 0.2) is 0 Å². The van der Waals surface area contributed by atoms with Gasteiger partial charge in [0.2, 0.25) is 0 Å². The van der Waals surface area contributed by atoms with Crippen molar-refractivity contribution in [1.82, 2.24) is 0 Å². The van der Waals surface area contributed by atoms with Gasteiger partial charge in [-0.1, -0.05) is 0 Å². The summed E-state index contributed by atoms with van der Waals surface area (Å²) in [7, 11) is 0. The zero-order valence-electron chi connectivity index (χ0n) is 15.4. The van der Waals surface area contributed by atoms with Crippen molar-refractivity contribution in [3.05, 3.63) is 0 Å². The van der Waals surface area contributed by atoms with Crippen LogP contribution in [0.4, 0.5) is 92.2 Å². The monoisotopic (exact) mass is 587 g/mol. The molecule has 1 atom stereocenters. The van der Waals surface area contributed by atoms with Gasteiger partial charge in [-0.2, -0.15) is 65.9 Å². The molecule has 1 unspecified atom stereocenters. The van der Waals surface area contributed by atoms with E-state index in [2.05, 4.69) is 5.73 Å². The summed E-state index contributed by atoms with van der Waals surface area (Å²) in [6, 6.07) is 0. The van der Waals surface area contributed by atoms with Crippen molar-refractivity contribution in [1.29, 1.82) is 0 Å². The number of rotatable bonds is 3. The van der Waals surface area contributed by atoms with Crippen LogP contribution >= 0.6 is 0 Å². The first-order chi connectivity index (χ1) is 15.2. The summed E-state index contributed by atoms with van der Waals surface area (Å²) < 4.78 is 296. The molecule has 0 heterocycles. The van der Waals surface area contributed by atoms with Gasteiger partial charge < -0.3 is 0 Å². The van der Waals surface area contributed by atoms with Gasteiger partial charge >= 0.3 is 76.2 Å². The number of hydrogen-bond acceptors (Lipinski definition) is 2. The lowest BCUT2D eigenvalue weighted by Crippen LogP contribution is -3.09. The third-order valence-corrected chi connectivity index (χ3v) is 6.32. The maximum atomic E-state index is 15.1. The van der Waals surface area contributed by atoms with Crippen LogP contribution in [0.5, 0.6) is 0 Å². The van der Waals surface area contributed by atoms with E-state index >= 15 is 4.39 Å². The summed E-state index contributed by atoms with van der Waals surface area (Å²) in [6.45, 7) is 0. The average Bonchev–Trinajstić information content (AvgIpc) is 2.65. The number of alkyl halides is 21. The Balaban J connectivity index is 2.59. The molecule has 36 heavy (non-hydrogen) atoms. The second-order valence-electron chi connectivity index (χ2n) is 7.93. The van der Waals surface area contributed by atoms with E-state index in [0.717, 1.165) is 0 Å². The first kappa shape index (κ1) is 29.0. The van der Waals surface area contributed by atoms with Crippen LogP contribution in [0.15, 0.2) is 0 Å². The largest absolute Gasteiger partial charge is 0.445 e. The molecule has 2 N–H and O–H groups in total. The molecule has 4 bridgehead atoms. The molecule has 4 saturated carbocycles. The summed E-state index contributed by atoms with van der Waals surface area (Å²) >= 11 is 0. The third-order valence-electron chi connectivity index (χ3n) is 6.32. The van der Waals surface area contributed by atoms with Gasteiger partial charge in [-0.25, -0.2) is 26.3 Å². The molecule has 0 aliphatic heterocycles. The minimum Gasteiger partial charge on any atom is -0.284 e. The van der Waals surface area contributed by atoms with Crippen molar-refractivity contribution in [2.75, 3.05) is 0 Å². The standard InChI is InChI=1S/C13H2F21NO/c14-1-5(18,19)2(15)8(24,25)3(16,6(1,20)21)11(29,4(17,7(1,22)23)9(2,26)27)36-13(33,34)10(28,35)12(30,31)32/h35H2. The van der Waals surface area contributed by atoms with Gasteiger partial charge in [0.25, 0.3) is 0 Å². The number of ether oxygens (including phenoxy) is 1. The van der Waals surface area contributed by atoms with Crippen molar-refractivity contribution in [2.24, 2.45) is 5.73 Å². The van der Waals surface area contributed by atoms with E-state index in [1.807, 2.05) is 0 Å². The predicted molar refractivity (Wildman–Crippen MR) is 64.0 cm³/mol. The van der Waals surface area contributed by atoms with Gasteiger partial charge in [0, 0.05) is 0 Å². The first-order valence-corrected chi connectivity index (χ1v) is 8.17. The van der Waals surface area contributed by atoms with E-state index in [4.69, 9.17) is 0 Å². The van der Waals surface area contributed by atoms with Gasteiger partial charge in [-0.3, -0.25) is 10.5 Å². The Morgan fingerprint density at radius 1 is 0.417 bits per heavy atom. The molecule has 4 fully saturated rings. The average molecular weight is 587 g/mol. The lowest BCUT2D eigenvalue weighted by atomic mass is 9.40. The molecular formula is C13H2F21NO. The molecule has 0 saturated heterocycles. The molecular weight excluding hydrogens is 585 g/mol.